The number of benzene rings is 1. The Labute approximate surface area is 132 Å². The van der Waals surface area contributed by atoms with Gasteiger partial charge in [-0.2, -0.15) is 0 Å². The first-order valence-electron chi connectivity index (χ1n) is 7.52. The molecule has 0 saturated carbocycles. The summed E-state index contributed by atoms with van der Waals surface area (Å²) in [6.45, 7) is 7.45. The van der Waals surface area contributed by atoms with Gasteiger partial charge in [0.1, 0.15) is 18.2 Å². The van der Waals surface area contributed by atoms with Crippen LogP contribution in [0.3, 0.4) is 0 Å². The summed E-state index contributed by atoms with van der Waals surface area (Å²) < 4.78 is 10.4. The van der Waals surface area contributed by atoms with Crippen LogP contribution in [0.15, 0.2) is 30.3 Å². The van der Waals surface area contributed by atoms with E-state index in [1.54, 1.807) is 20.8 Å². The molecule has 1 amide bonds. The van der Waals surface area contributed by atoms with Gasteiger partial charge in [-0.25, -0.2) is 9.59 Å². The molecule has 0 saturated heterocycles. The van der Waals surface area contributed by atoms with E-state index in [0.29, 0.717) is 6.42 Å². The highest BCUT2D eigenvalue weighted by molar-refractivity contribution is 5.81. The van der Waals surface area contributed by atoms with Crippen molar-refractivity contribution in [2.45, 2.75) is 58.8 Å². The number of hydrogen-bond donors (Lipinski definition) is 1. The van der Waals surface area contributed by atoms with Crippen molar-refractivity contribution in [1.29, 1.82) is 0 Å². The van der Waals surface area contributed by atoms with Gasteiger partial charge < -0.3 is 14.8 Å². The molecule has 0 aliphatic rings. The van der Waals surface area contributed by atoms with E-state index in [1.807, 2.05) is 37.3 Å². The predicted octanol–water partition coefficient (Wildman–Crippen LogP) is 3.42. The van der Waals surface area contributed by atoms with E-state index in [1.165, 1.54) is 0 Å². The Morgan fingerprint density at radius 3 is 2.36 bits per heavy atom. The predicted molar refractivity (Wildman–Crippen MR) is 84.3 cm³/mol. The molecular formula is C17H25NO4. The van der Waals surface area contributed by atoms with Gasteiger partial charge in [-0.3, -0.25) is 0 Å². The van der Waals surface area contributed by atoms with Crippen LogP contribution in [-0.4, -0.2) is 23.7 Å². The molecule has 0 aliphatic carbocycles. The number of hydrogen-bond acceptors (Lipinski definition) is 4. The van der Waals surface area contributed by atoms with Crippen molar-refractivity contribution in [2.24, 2.45) is 0 Å². The highest BCUT2D eigenvalue weighted by atomic mass is 16.6. The third-order valence-corrected chi connectivity index (χ3v) is 2.78. The fourth-order valence-electron chi connectivity index (χ4n) is 1.82. The second-order valence-electron chi connectivity index (χ2n) is 6.08. The van der Waals surface area contributed by atoms with Crippen molar-refractivity contribution in [1.82, 2.24) is 5.32 Å². The normalized spacial score (nSPS) is 12.4. The summed E-state index contributed by atoms with van der Waals surface area (Å²) in [4.78, 5) is 23.9. The van der Waals surface area contributed by atoms with E-state index in [4.69, 9.17) is 9.47 Å². The Hall–Kier alpha value is -2.04. The summed E-state index contributed by atoms with van der Waals surface area (Å²) >= 11 is 0. The highest BCUT2D eigenvalue weighted by Gasteiger charge is 2.24. The van der Waals surface area contributed by atoms with Gasteiger partial charge in [0.2, 0.25) is 0 Å². The van der Waals surface area contributed by atoms with Crippen molar-refractivity contribution < 1.29 is 19.1 Å². The fourth-order valence-corrected chi connectivity index (χ4v) is 1.82. The Kier molecular flexibility index (Phi) is 6.89. The molecule has 1 rings (SSSR count). The zero-order chi connectivity index (χ0) is 16.6. The van der Waals surface area contributed by atoms with E-state index >= 15 is 0 Å². The molecule has 1 aromatic rings. The maximum atomic E-state index is 12.1. The van der Waals surface area contributed by atoms with E-state index in [2.05, 4.69) is 5.32 Å². The van der Waals surface area contributed by atoms with E-state index in [-0.39, 0.29) is 6.61 Å². The van der Waals surface area contributed by atoms with Crippen LogP contribution in [0, 0.1) is 0 Å². The van der Waals surface area contributed by atoms with Crippen LogP contribution in [0.25, 0.3) is 0 Å². The monoisotopic (exact) mass is 307 g/mol. The maximum absolute atomic E-state index is 12.1. The molecule has 0 radical (unpaired) electrons. The summed E-state index contributed by atoms with van der Waals surface area (Å²) in [6, 6.07) is 8.72. The summed E-state index contributed by atoms with van der Waals surface area (Å²) in [5, 5.41) is 2.57. The summed E-state index contributed by atoms with van der Waals surface area (Å²) in [5.41, 5.74) is 0.304. The number of carbonyl (C=O) groups excluding carboxylic acids is 2. The molecular weight excluding hydrogens is 282 g/mol. The lowest BCUT2D eigenvalue weighted by Crippen LogP contribution is -2.44. The average Bonchev–Trinajstić information content (AvgIpc) is 2.43. The minimum absolute atomic E-state index is 0.190. The molecule has 0 aliphatic heterocycles. The Morgan fingerprint density at radius 1 is 1.18 bits per heavy atom. The van der Waals surface area contributed by atoms with Crippen LogP contribution in [0.2, 0.25) is 0 Å². The molecule has 1 N–H and O–H groups in total. The lowest BCUT2D eigenvalue weighted by atomic mass is 10.1. The molecule has 122 valence electrons. The standard InChI is InChI=1S/C17H25NO4/c1-5-9-14(18-16(20)22-17(2,3)4)15(19)21-12-13-10-7-6-8-11-13/h6-8,10-11,14H,5,9,12H2,1-4H3,(H,18,20)/t14-/m0/s1. The van der Waals surface area contributed by atoms with E-state index in [0.717, 1.165) is 12.0 Å². The topological polar surface area (TPSA) is 64.6 Å². The average molecular weight is 307 g/mol. The van der Waals surface area contributed by atoms with Gasteiger partial charge in [0, 0.05) is 0 Å². The summed E-state index contributed by atoms with van der Waals surface area (Å²) in [6.07, 6.45) is 0.649. The van der Waals surface area contributed by atoms with Crippen molar-refractivity contribution in [3.05, 3.63) is 35.9 Å². The molecule has 0 fully saturated rings. The number of alkyl carbamates (subject to hydrolysis) is 1. The van der Waals surface area contributed by atoms with Crippen molar-refractivity contribution in [2.75, 3.05) is 0 Å². The van der Waals surface area contributed by atoms with Gasteiger partial charge >= 0.3 is 12.1 Å². The number of esters is 1. The number of carbonyl (C=O) groups is 2. The second-order valence-corrected chi connectivity index (χ2v) is 6.08. The molecule has 1 atom stereocenters. The minimum Gasteiger partial charge on any atom is -0.459 e. The molecule has 22 heavy (non-hydrogen) atoms. The fraction of sp³-hybridized carbons (Fsp3) is 0.529. The second kappa shape index (κ2) is 8.41. The number of amides is 1. The molecule has 5 heteroatoms. The number of rotatable bonds is 6. The molecule has 0 spiro atoms. The first-order valence-corrected chi connectivity index (χ1v) is 7.52. The van der Waals surface area contributed by atoms with Gasteiger partial charge in [0.25, 0.3) is 0 Å². The van der Waals surface area contributed by atoms with Crippen LogP contribution < -0.4 is 5.32 Å². The lowest BCUT2D eigenvalue weighted by molar-refractivity contribution is -0.147. The lowest BCUT2D eigenvalue weighted by Gasteiger charge is -2.22. The summed E-state index contributed by atoms with van der Waals surface area (Å²) in [7, 11) is 0. The maximum Gasteiger partial charge on any atom is 0.408 e. The molecule has 0 aromatic heterocycles. The summed E-state index contributed by atoms with van der Waals surface area (Å²) in [5.74, 6) is -0.448. The number of ether oxygens (including phenoxy) is 2. The van der Waals surface area contributed by atoms with Crippen LogP contribution in [0.4, 0.5) is 4.79 Å². The molecule has 5 nitrogen and oxygen atoms in total. The molecule has 0 heterocycles. The molecule has 0 bridgehead atoms. The van der Waals surface area contributed by atoms with Gasteiger partial charge in [-0.15, -0.1) is 0 Å². The van der Waals surface area contributed by atoms with Crippen LogP contribution in [0.5, 0.6) is 0 Å². The van der Waals surface area contributed by atoms with Gasteiger partial charge in [-0.1, -0.05) is 43.7 Å². The zero-order valence-corrected chi connectivity index (χ0v) is 13.7. The largest absolute Gasteiger partial charge is 0.459 e. The van der Waals surface area contributed by atoms with E-state index in [9.17, 15) is 9.59 Å². The molecule has 0 unspecified atom stereocenters. The first-order chi connectivity index (χ1) is 10.3. The van der Waals surface area contributed by atoms with E-state index < -0.39 is 23.7 Å². The third kappa shape index (κ3) is 7.11. The Morgan fingerprint density at radius 2 is 1.82 bits per heavy atom. The molecule has 1 aromatic carbocycles. The Balaban J connectivity index is 2.54. The van der Waals surface area contributed by atoms with Crippen LogP contribution in [-0.2, 0) is 20.9 Å². The third-order valence-electron chi connectivity index (χ3n) is 2.78. The Bertz CT molecular complexity index is 479. The van der Waals surface area contributed by atoms with Crippen LogP contribution >= 0.6 is 0 Å². The van der Waals surface area contributed by atoms with Crippen molar-refractivity contribution in [3.63, 3.8) is 0 Å². The minimum atomic E-state index is -0.691. The zero-order valence-electron chi connectivity index (χ0n) is 13.7. The van der Waals surface area contributed by atoms with Crippen molar-refractivity contribution >= 4 is 12.1 Å². The number of nitrogens with one attached hydrogen (secondary N) is 1. The highest BCUT2D eigenvalue weighted by Crippen LogP contribution is 2.09. The van der Waals surface area contributed by atoms with Gasteiger partial charge in [0.05, 0.1) is 0 Å². The van der Waals surface area contributed by atoms with Crippen molar-refractivity contribution in [3.8, 4) is 0 Å². The quantitative estimate of drug-likeness (QED) is 0.818. The van der Waals surface area contributed by atoms with Gasteiger partial charge in [-0.05, 0) is 32.8 Å². The van der Waals surface area contributed by atoms with Gasteiger partial charge in [0.15, 0.2) is 0 Å². The van der Waals surface area contributed by atoms with Crippen LogP contribution in [0.1, 0.15) is 46.1 Å². The first kappa shape index (κ1) is 18.0. The SMILES string of the molecule is CCC[C@H](NC(=O)OC(C)(C)C)C(=O)OCc1ccccc1. The smallest absolute Gasteiger partial charge is 0.408 e.